The van der Waals surface area contributed by atoms with Gasteiger partial charge in [-0.3, -0.25) is 0 Å². The van der Waals surface area contributed by atoms with Crippen LogP contribution >= 0.6 is 0 Å². The first-order chi connectivity index (χ1) is 3.43. The van der Waals surface area contributed by atoms with E-state index in [1.165, 1.54) is 25.9 Å². The first kappa shape index (κ1) is 8.28. The zero-order valence-electron chi connectivity index (χ0n) is 4.86. The van der Waals surface area contributed by atoms with Gasteiger partial charge in [-0.05, 0) is 19.0 Å². The fourth-order valence-corrected chi connectivity index (χ4v) is 0.924. The molecule has 0 amide bonds. The van der Waals surface area contributed by atoms with Crippen LogP contribution in [0.15, 0.2) is 12.8 Å². The molecule has 0 aromatic rings. The molecular weight excluding hydrogens is 283 g/mol. The molecule has 1 heterocycles. The third-order valence-corrected chi connectivity index (χ3v) is 1.40. The molecule has 0 spiro atoms. The molecule has 1 aliphatic rings. The second kappa shape index (κ2) is 4.19. The largest absolute Gasteiger partial charge is 0.378 e. The van der Waals surface area contributed by atoms with E-state index in [0.29, 0.717) is 0 Å². The third-order valence-electron chi connectivity index (χ3n) is 1.40. The molecule has 1 rings (SSSR count). The monoisotopic (exact) mass is 294 g/mol. The van der Waals surface area contributed by atoms with Gasteiger partial charge in [0.05, 0.1) is 0 Å². The number of hydrogen-bond donors (Lipinski definition) is 0. The van der Waals surface area contributed by atoms with Crippen molar-refractivity contribution in [3.8, 4) is 0 Å². The molecule has 2 heteroatoms. The predicted molar refractivity (Wildman–Crippen MR) is 31.0 cm³/mol. The van der Waals surface area contributed by atoms with Gasteiger partial charge in [-0.1, -0.05) is 6.58 Å². The summed E-state index contributed by atoms with van der Waals surface area (Å²) < 4.78 is 0. The van der Waals surface area contributed by atoms with Gasteiger partial charge in [0.15, 0.2) is 0 Å². The van der Waals surface area contributed by atoms with Crippen LogP contribution < -0.4 is 0 Å². The molecule has 1 fully saturated rings. The van der Waals surface area contributed by atoms with Gasteiger partial charge in [0, 0.05) is 35.5 Å². The van der Waals surface area contributed by atoms with Crippen LogP contribution in [0, 0.1) is 0 Å². The minimum absolute atomic E-state index is 0. The van der Waals surface area contributed by atoms with Crippen LogP contribution in [0.2, 0.25) is 0 Å². The van der Waals surface area contributed by atoms with Crippen molar-refractivity contribution in [3.63, 3.8) is 0 Å². The molecule has 0 saturated carbocycles. The SMILES string of the molecule is C=CN1CCCC1.[Au]. The molecule has 1 saturated heterocycles. The molecule has 51 valence electrons. The van der Waals surface area contributed by atoms with Gasteiger partial charge >= 0.3 is 0 Å². The van der Waals surface area contributed by atoms with E-state index >= 15 is 0 Å². The second-order valence-corrected chi connectivity index (χ2v) is 1.93. The smallest absolute Gasteiger partial charge is 0.0172 e. The van der Waals surface area contributed by atoms with Crippen LogP contribution in [-0.2, 0) is 22.4 Å². The van der Waals surface area contributed by atoms with E-state index in [4.69, 9.17) is 0 Å². The van der Waals surface area contributed by atoms with E-state index in [0.717, 1.165) is 0 Å². The van der Waals surface area contributed by atoms with Crippen molar-refractivity contribution in [3.05, 3.63) is 12.8 Å². The van der Waals surface area contributed by atoms with Crippen LogP contribution in [0.5, 0.6) is 0 Å². The maximum Gasteiger partial charge on any atom is 0.0172 e. The van der Waals surface area contributed by atoms with Crippen LogP contribution in [-0.4, -0.2) is 18.0 Å². The Morgan fingerprint density at radius 2 is 1.75 bits per heavy atom. The molecule has 0 atom stereocenters. The second-order valence-electron chi connectivity index (χ2n) is 1.93. The summed E-state index contributed by atoms with van der Waals surface area (Å²) in [6.45, 7) is 6.12. The zero-order valence-corrected chi connectivity index (χ0v) is 7.03. The summed E-state index contributed by atoms with van der Waals surface area (Å²) >= 11 is 0. The molecule has 1 nitrogen and oxygen atoms in total. The Kier molecular flexibility index (Phi) is 4.33. The average molecular weight is 294 g/mol. The van der Waals surface area contributed by atoms with Gasteiger partial charge in [0.2, 0.25) is 0 Å². The van der Waals surface area contributed by atoms with Crippen LogP contribution in [0.1, 0.15) is 12.8 Å². The molecule has 8 heavy (non-hydrogen) atoms. The molecule has 0 N–H and O–H groups in total. The molecule has 1 aliphatic heterocycles. The average Bonchev–Trinajstić information content (AvgIpc) is 2.14. The number of rotatable bonds is 1. The van der Waals surface area contributed by atoms with Gasteiger partial charge in [0.1, 0.15) is 0 Å². The zero-order chi connectivity index (χ0) is 5.11. The molecule has 1 radical (unpaired) electrons. The minimum atomic E-state index is 0. The third kappa shape index (κ3) is 2.03. The quantitative estimate of drug-likeness (QED) is 0.657. The normalized spacial score (nSPS) is 17.8. The van der Waals surface area contributed by atoms with Crippen molar-refractivity contribution >= 4 is 0 Å². The van der Waals surface area contributed by atoms with Crippen molar-refractivity contribution in [1.82, 2.24) is 4.90 Å². The fourth-order valence-electron chi connectivity index (χ4n) is 0.924. The molecule has 0 unspecified atom stereocenters. The first-order valence-corrected chi connectivity index (χ1v) is 2.80. The van der Waals surface area contributed by atoms with Crippen LogP contribution in [0.25, 0.3) is 0 Å². The molecule has 0 bridgehead atoms. The molecule has 0 aromatic heterocycles. The molecular formula is C6H11AuN. The van der Waals surface area contributed by atoms with E-state index in [2.05, 4.69) is 11.5 Å². The Hall–Kier alpha value is 0.280. The van der Waals surface area contributed by atoms with Crippen molar-refractivity contribution < 1.29 is 22.4 Å². The Morgan fingerprint density at radius 3 is 2.00 bits per heavy atom. The summed E-state index contributed by atoms with van der Waals surface area (Å²) in [4.78, 5) is 2.25. The Labute approximate surface area is 66.3 Å². The topological polar surface area (TPSA) is 3.24 Å². The minimum Gasteiger partial charge on any atom is -0.378 e. The van der Waals surface area contributed by atoms with E-state index in [1.807, 2.05) is 6.20 Å². The van der Waals surface area contributed by atoms with Crippen molar-refractivity contribution in [2.75, 3.05) is 13.1 Å². The van der Waals surface area contributed by atoms with Gasteiger partial charge < -0.3 is 4.90 Å². The van der Waals surface area contributed by atoms with Crippen molar-refractivity contribution in [2.24, 2.45) is 0 Å². The first-order valence-electron chi connectivity index (χ1n) is 2.80. The van der Waals surface area contributed by atoms with Crippen LogP contribution in [0.3, 0.4) is 0 Å². The summed E-state index contributed by atoms with van der Waals surface area (Å²) in [5.74, 6) is 0. The predicted octanol–water partition coefficient (Wildman–Crippen LogP) is 1.22. The fraction of sp³-hybridized carbons (Fsp3) is 0.667. The molecule has 0 aromatic carbocycles. The number of likely N-dealkylation sites (tertiary alicyclic amines) is 1. The summed E-state index contributed by atoms with van der Waals surface area (Å²) in [6.07, 6.45) is 4.63. The van der Waals surface area contributed by atoms with Crippen molar-refractivity contribution in [1.29, 1.82) is 0 Å². The maximum absolute atomic E-state index is 3.67. The van der Waals surface area contributed by atoms with E-state index in [-0.39, 0.29) is 22.4 Å². The van der Waals surface area contributed by atoms with Crippen molar-refractivity contribution in [2.45, 2.75) is 12.8 Å². The Bertz CT molecular complexity index is 66.9. The van der Waals surface area contributed by atoms with Gasteiger partial charge in [-0.15, -0.1) is 0 Å². The van der Waals surface area contributed by atoms with Gasteiger partial charge in [-0.25, -0.2) is 0 Å². The van der Waals surface area contributed by atoms with E-state index in [1.54, 1.807) is 0 Å². The van der Waals surface area contributed by atoms with Gasteiger partial charge in [0.25, 0.3) is 0 Å². The summed E-state index contributed by atoms with van der Waals surface area (Å²) in [7, 11) is 0. The standard InChI is InChI=1S/C6H11N.Au/c1-2-7-5-3-4-6-7;/h2H,1,3-6H2;. The Morgan fingerprint density at radius 1 is 1.25 bits per heavy atom. The van der Waals surface area contributed by atoms with E-state index < -0.39 is 0 Å². The molecule has 0 aliphatic carbocycles. The van der Waals surface area contributed by atoms with Gasteiger partial charge in [-0.2, -0.15) is 0 Å². The Balaban J connectivity index is 0.000000490. The van der Waals surface area contributed by atoms with E-state index in [9.17, 15) is 0 Å². The summed E-state index contributed by atoms with van der Waals surface area (Å²) in [6, 6.07) is 0. The summed E-state index contributed by atoms with van der Waals surface area (Å²) in [5, 5.41) is 0. The maximum atomic E-state index is 3.67. The summed E-state index contributed by atoms with van der Waals surface area (Å²) in [5.41, 5.74) is 0. The number of hydrogen-bond acceptors (Lipinski definition) is 1. The van der Waals surface area contributed by atoms with Crippen LogP contribution in [0.4, 0.5) is 0 Å². The number of nitrogens with zero attached hydrogens (tertiary/aromatic N) is 1.